The van der Waals surface area contributed by atoms with E-state index < -0.39 is 5.54 Å². The van der Waals surface area contributed by atoms with Crippen molar-refractivity contribution in [2.24, 2.45) is 5.92 Å². The second-order valence-electron chi connectivity index (χ2n) is 5.66. The Morgan fingerprint density at radius 2 is 2.15 bits per heavy atom. The van der Waals surface area contributed by atoms with Crippen molar-refractivity contribution >= 4 is 11.7 Å². The number of hydrogen-bond donors (Lipinski definition) is 1. The maximum atomic E-state index is 13.8. The van der Waals surface area contributed by atoms with Crippen molar-refractivity contribution in [2.75, 3.05) is 11.9 Å². The van der Waals surface area contributed by atoms with Crippen LogP contribution in [0.2, 0.25) is 0 Å². The lowest BCUT2D eigenvalue weighted by molar-refractivity contribution is -0.148. The van der Waals surface area contributed by atoms with Gasteiger partial charge in [-0.05, 0) is 38.3 Å². The largest absolute Gasteiger partial charge is 0.464 e. The third kappa shape index (κ3) is 3.30. The van der Waals surface area contributed by atoms with Crippen molar-refractivity contribution in [2.45, 2.75) is 45.1 Å². The van der Waals surface area contributed by atoms with Gasteiger partial charge in [-0.1, -0.05) is 31.4 Å². The second kappa shape index (κ2) is 6.25. The van der Waals surface area contributed by atoms with Crippen molar-refractivity contribution in [3.63, 3.8) is 0 Å². The predicted octanol–water partition coefficient (Wildman–Crippen LogP) is 3.75. The van der Waals surface area contributed by atoms with Crippen molar-refractivity contribution in [3.05, 3.63) is 30.1 Å². The molecule has 0 radical (unpaired) electrons. The molecule has 110 valence electrons. The summed E-state index contributed by atoms with van der Waals surface area (Å²) in [4.78, 5) is 12.2. The quantitative estimate of drug-likeness (QED) is 0.806. The van der Waals surface area contributed by atoms with E-state index in [1.54, 1.807) is 32.0 Å². The van der Waals surface area contributed by atoms with E-state index in [1.807, 2.05) is 0 Å². The normalized spacial score (nSPS) is 17.9. The molecule has 1 aliphatic rings. The number of carbonyl (C=O) groups is 1. The van der Waals surface area contributed by atoms with Gasteiger partial charge in [-0.2, -0.15) is 0 Å². The molecule has 2 rings (SSSR count). The molecule has 1 N–H and O–H groups in total. The zero-order valence-electron chi connectivity index (χ0n) is 12.1. The summed E-state index contributed by atoms with van der Waals surface area (Å²) in [5.41, 5.74) is -0.522. The van der Waals surface area contributed by atoms with Crippen LogP contribution in [0.5, 0.6) is 0 Å². The summed E-state index contributed by atoms with van der Waals surface area (Å²) in [6.45, 7) is 3.92. The first-order valence-electron chi connectivity index (χ1n) is 7.25. The van der Waals surface area contributed by atoms with Gasteiger partial charge in [-0.3, -0.25) is 0 Å². The molecule has 0 aromatic heterocycles. The van der Waals surface area contributed by atoms with Crippen LogP contribution >= 0.6 is 0 Å². The highest BCUT2D eigenvalue weighted by molar-refractivity contribution is 5.84. The van der Waals surface area contributed by atoms with Crippen LogP contribution in [-0.2, 0) is 9.53 Å². The van der Waals surface area contributed by atoms with Gasteiger partial charge in [-0.25, -0.2) is 9.18 Å². The van der Waals surface area contributed by atoms with Gasteiger partial charge < -0.3 is 10.1 Å². The van der Waals surface area contributed by atoms with E-state index in [9.17, 15) is 9.18 Å². The van der Waals surface area contributed by atoms with E-state index in [1.165, 1.54) is 12.5 Å². The van der Waals surface area contributed by atoms with Gasteiger partial charge in [0.25, 0.3) is 0 Å². The molecule has 0 amide bonds. The lowest BCUT2D eigenvalue weighted by Gasteiger charge is -2.36. The Labute approximate surface area is 119 Å². The van der Waals surface area contributed by atoms with Crippen LogP contribution in [0.3, 0.4) is 0 Å². The Bertz CT molecular complexity index is 473. The SMILES string of the molecule is CCOC(=O)C(C)(CC1CCC1)Nc1ccccc1F. The lowest BCUT2D eigenvalue weighted by atomic mass is 9.76. The van der Waals surface area contributed by atoms with E-state index in [2.05, 4.69) is 5.32 Å². The van der Waals surface area contributed by atoms with Crippen molar-refractivity contribution in [3.8, 4) is 0 Å². The molecule has 0 heterocycles. The maximum absolute atomic E-state index is 13.8. The average molecular weight is 279 g/mol. The molecule has 0 bridgehead atoms. The first kappa shape index (κ1) is 14.8. The fourth-order valence-corrected chi connectivity index (χ4v) is 2.61. The number of nitrogens with one attached hydrogen (secondary N) is 1. The number of carbonyl (C=O) groups excluding carboxylic acids is 1. The number of anilines is 1. The van der Waals surface area contributed by atoms with E-state index >= 15 is 0 Å². The summed E-state index contributed by atoms with van der Waals surface area (Å²) < 4.78 is 19.0. The Hall–Kier alpha value is -1.58. The minimum absolute atomic E-state index is 0.310. The van der Waals surface area contributed by atoms with Crippen LogP contribution in [-0.4, -0.2) is 18.1 Å². The molecule has 20 heavy (non-hydrogen) atoms. The molecule has 4 heteroatoms. The maximum Gasteiger partial charge on any atom is 0.331 e. The molecule has 1 aromatic carbocycles. The molecule has 1 saturated carbocycles. The van der Waals surface area contributed by atoms with Gasteiger partial charge in [0.2, 0.25) is 0 Å². The number of para-hydroxylation sites is 1. The third-order valence-corrected chi connectivity index (χ3v) is 3.93. The van der Waals surface area contributed by atoms with Crippen molar-refractivity contribution in [1.82, 2.24) is 0 Å². The zero-order chi connectivity index (χ0) is 14.6. The van der Waals surface area contributed by atoms with E-state index in [0.29, 0.717) is 24.6 Å². The lowest BCUT2D eigenvalue weighted by Crippen LogP contribution is -2.47. The Balaban J connectivity index is 2.16. The van der Waals surface area contributed by atoms with Gasteiger partial charge in [0.05, 0.1) is 12.3 Å². The number of benzene rings is 1. The van der Waals surface area contributed by atoms with Gasteiger partial charge in [0.15, 0.2) is 0 Å². The molecule has 1 fully saturated rings. The summed E-state index contributed by atoms with van der Waals surface area (Å²) in [7, 11) is 0. The summed E-state index contributed by atoms with van der Waals surface area (Å²) in [5.74, 6) is -0.143. The standard InChI is InChI=1S/C16H22FNO2/c1-3-20-15(19)16(2,11-12-7-6-8-12)18-14-10-5-4-9-13(14)17/h4-5,9-10,12,18H,3,6-8,11H2,1-2H3. The summed E-state index contributed by atoms with van der Waals surface area (Å²) in [6.07, 6.45) is 4.16. The minimum Gasteiger partial charge on any atom is -0.464 e. The Morgan fingerprint density at radius 1 is 1.45 bits per heavy atom. The Kier molecular flexibility index (Phi) is 4.63. The summed E-state index contributed by atoms with van der Waals surface area (Å²) >= 11 is 0. The van der Waals surface area contributed by atoms with Crippen LogP contribution < -0.4 is 5.32 Å². The summed E-state index contributed by atoms with van der Waals surface area (Å²) in [5, 5.41) is 3.06. The van der Waals surface area contributed by atoms with Gasteiger partial charge in [0, 0.05) is 0 Å². The number of hydrogen-bond acceptors (Lipinski definition) is 3. The van der Waals surface area contributed by atoms with Crippen LogP contribution in [0.4, 0.5) is 10.1 Å². The molecule has 1 aromatic rings. The third-order valence-electron chi connectivity index (χ3n) is 3.93. The molecule has 1 unspecified atom stereocenters. The van der Waals surface area contributed by atoms with Crippen LogP contribution in [0.1, 0.15) is 39.5 Å². The number of halogens is 1. The number of esters is 1. The molecule has 0 aliphatic heterocycles. The molecule has 0 saturated heterocycles. The molecule has 1 atom stereocenters. The van der Waals surface area contributed by atoms with E-state index in [4.69, 9.17) is 4.74 Å². The highest BCUT2D eigenvalue weighted by Crippen LogP contribution is 2.36. The number of rotatable bonds is 6. The van der Waals surface area contributed by atoms with Crippen molar-refractivity contribution < 1.29 is 13.9 Å². The van der Waals surface area contributed by atoms with Crippen LogP contribution in [0.15, 0.2) is 24.3 Å². The predicted molar refractivity (Wildman–Crippen MR) is 77.0 cm³/mol. The van der Waals surface area contributed by atoms with E-state index in [0.717, 1.165) is 12.8 Å². The smallest absolute Gasteiger partial charge is 0.331 e. The van der Waals surface area contributed by atoms with E-state index in [-0.39, 0.29) is 11.8 Å². The van der Waals surface area contributed by atoms with Crippen LogP contribution in [0, 0.1) is 11.7 Å². The molecule has 3 nitrogen and oxygen atoms in total. The number of ether oxygens (including phenoxy) is 1. The van der Waals surface area contributed by atoms with Crippen molar-refractivity contribution in [1.29, 1.82) is 0 Å². The first-order valence-corrected chi connectivity index (χ1v) is 7.25. The molecular formula is C16H22FNO2. The second-order valence-corrected chi connectivity index (χ2v) is 5.66. The topological polar surface area (TPSA) is 38.3 Å². The fraction of sp³-hybridized carbons (Fsp3) is 0.562. The first-order chi connectivity index (χ1) is 9.55. The van der Waals surface area contributed by atoms with Crippen LogP contribution in [0.25, 0.3) is 0 Å². The highest BCUT2D eigenvalue weighted by atomic mass is 19.1. The molecule has 0 spiro atoms. The molecular weight excluding hydrogens is 257 g/mol. The van der Waals surface area contributed by atoms with Gasteiger partial charge >= 0.3 is 5.97 Å². The minimum atomic E-state index is -0.872. The monoisotopic (exact) mass is 279 g/mol. The fourth-order valence-electron chi connectivity index (χ4n) is 2.61. The van der Waals surface area contributed by atoms with Gasteiger partial charge in [0.1, 0.15) is 11.4 Å². The highest BCUT2D eigenvalue weighted by Gasteiger charge is 2.39. The Morgan fingerprint density at radius 3 is 2.70 bits per heavy atom. The molecule has 1 aliphatic carbocycles. The summed E-state index contributed by atoms with van der Waals surface area (Å²) in [6, 6.07) is 6.42. The zero-order valence-corrected chi connectivity index (χ0v) is 12.1. The van der Waals surface area contributed by atoms with Gasteiger partial charge in [-0.15, -0.1) is 0 Å². The average Bonchev–Trinajstić information content (AvgIpc) is 2.37.